The topological polar surface area (TPSA) is 231 Å². The van der Waals surface area contributed by atoms with Crippen molar-refractivity contribution in [3.63, 3.8) is 0 Å². The summed E-state index contributed by atoms with van der Waals surface area (Å²) in [5.41, 5.74) is 0. The van der Waals surface area contributed by atoms with E-state index in [-0.39, 0.29) is 19.4 Å². The Morgan fingerprint density at radius 3 is 1.27 bits per heavy atom. The number of allylic oxidation sites excluding steroid dienone is 10. The zero-order chi connectivity index (χ0) is 56.7. The molecule has 0 aromatic rings. The van der Waals surface area contributed by atoms with Gasteiger partial charge in [0.25, 0.3) is 0 Å². The summed E-state index contributed by atoms with van der Waals surface area (Å²) < 4.78 is 33.7. The number of hydrogen-bond donors (Lipinski definition) is 7. The summed E-state index contributed by atoms with van der Waals surface area (Å²) >= 11 is 0. The maximum absolute atomic E-state index is 13.1. The van der Waals surface area contributed by atoms with Gasteiger partial charge in [-0.1, -0.05) is 222 Å². The molecule has 2 aliphatic rings. The van der Waals surface area contributed by atoms with Crippen LogP contribution in [0, 0.1) is 0 Å². The lowest BCUT2D eigenvalue weighted by atomic mass is 9.98. The number of aliphatic hydroxyl groups excluding tert-OH is 7. The van der Waals surface area contributed by atoms with E-state index in [1.165, 1.54) is 122 Å². The van der Waals surface area contributed by atoms with Gasteiger partial charge in [0.1, 0.15) is 55.4 Å². The van der Waals surface area contributed by atoms with Crippen molar-refractivity contribution in [3.8, 4) is 0 Å². The molecule has 2 heterocycles. The molecule has 2 saturated heterocycles. The Hall–Kier alpha value is -2.80. The third-order valence-corrected chi connectivity index (χ3v) is 14.5. The summed E-state index contributed by atoms with van der Waals surface area (Å²) in [6.07, 6.45) is 42.4. The number of aliphatic hydroxyl groups is 7. The lowest BCUT2D eigenvalue weighted by Crippen LogP contribution is -2.61. The first kappa shape index (κ1) is 71.3. The van der Waals surface area contributed by atoms with E-state index in [0.717, 1.165) is 70.6 Å². The number of carbonyl (C=O) groups excluding carboxylic acids is 2. The number of rotatable bonds is 49. The van der Waals surface area contributed by atoms with Gasteiger partial charge in [0.05, 0.1) is 19.8 Å². The Bertz CT molecular complexity index is 1580. The molecule has 0 aromatic heterocycles. The molecule has 7 N–H and O–H groups in total. The molecule has 0 spiro atoms. The van der Waals surface area contributed by atoms with Gasteiger partial charge in [-0.25, -0.2) is 0 Å². The van der Waals surface area contributed by atoms with Gasteiger partial charge < -0.3 is 64.2 Å². The molecule has 78 heavy (non-hydrogen) atoms. The van der Waals surface area contributed by atoms with E-state index in [0.29, 0.717) is 12.8 Å². The van der Waals surface area contributed by atoms with Crippen LogP contribution in [0.2, 0.25) is 0 Å². The number of carbonyl (C=O) groups is 2. The van der Waals surface area contributed by atoms with E-state index < -0.39 is 99.3 Å². The molecular weight excluding hydrogens is 997 g/mol. The van der Waals surface area contributed by atoms with Crippen LogP contribution < -0.4 is 0 Å². The predicted octanol–water partition coefficient (Wildman–Crippen LogP) is 11.2. The van der Waals surface area contributed by atoms with E-state index in [9.17, 15) is 45.3 Å². The summed E-state index contributed by atoms with van der Waals surface area (Å²) in [7, 11) is 0. The molecule has 2 aliphatic heterocycles. The SMILES string of the molecule is CC/C=C/C/C=C/C/C=C/C/C=C/C/C=C/CCCCCC(=O)OC[C@H](CO[C@H]1O[C@@H](CO[C@H]2O[C@@H](CO)[C@@H](O)C(O)C2O)[C@@H](O)C(O)C1O)OC(=O)CCCCCCCCCCCCCCCCCCCCCCCCC. The van der Waals surface area contributed by atoms with Gasteiger partial charge in [-0.05, 0) is 57.8 Å². The Morgan fingerprint density at radius 1 is 0.423 bits per heavy atom. The van der Waals surface area contributed by atoms with E-state index in [1.54, 1.807) is 0 Å². The molecule has 0 bridgehead atoms. The highest BCUT2D eigenvalue weighted by molar-refractivity contribution is 5.70. The van der Waals surface area contributed by atoms with Gasteiger partial charge >= 0.3 is 11.9 Å². The van der Waals surface area contributed by atoms with Crippen molar-refractivity contribution in [2.24, 2.45) is 0 Å². The molecule has 0 radical (unpaired) electrons. The van der Waals surface area contributed by atoms with E-state index >= 15 is 0 Å². The van der Waals surface area contributed by atoms with Gasteiger partial charge in [0.2, 0.25) is 0 Å². The Labute approximate surface area is 470 Å². The number of ether oxygens (including phenoxy) is 6. The van der Waals surface area contributed by atoms with Crippen molar-refractivity contribution in [2.45, 2.75) is 300 Å². The van der Waals surface area contributed by atoms with Gasteiger partial charge in [-0.15, -0.1) is 0 Å². The number of hydrogen-bond acceptors (Lipinski definition) is 15. The second-order valence-corrected chi connectivity index (χ2v) is 21.5. The van der Waals surface area contributed by atoms with Crippen LogP contribution in [-0.4, -0.2) is 142 Å². The highest BCUT2D eigenvalue weighted by Crippen LogP contribution is 2.27. The highest BCUT2D eigenvalue weighted by atomic mass is 16.7. The largest absolute Gasteiger partial charge is 0.462 e. The molecule has 15 heteroatoms. The first-order chi connectivity index (χ1) is 38.0. The van der Waals surface area contributed by atoms with Crippen LogP contribution in [-0.2, 0) is 38.0 Å². The molecule has 2 fully saturated rings. The molecule has 452 valence electrons. The first-order valence-corrected chi connectivity index (χ1v) is 30.9. The molecule has 11 atom stereocenters. The third kappa shape index (κ3) is 35.1. The standard InChI is InChI=1S/C63H110O15/c1-3-5-7-9-11-13-15-17-19-21-23-24-25-26-28-30-32-34-36-38-40-42-44-46-55(66)76-51(48-73-54(65)45-43-41-39-37-35-33-31-29-27-22-20-18-16-14-12-10-8-6-4-2)49-74-62-61(72)59(70)57(68)53(78-62)50-75-63-60(71)58(69)56(67)52(47-64)77-63/h6,8,12,14,18,20,27,29,33,35,51-53,56-64,67-72H,3-5,7,9-11,13,15-17,19,21-26,28,30-32,34,36-50H2,1-2H3/b8-6+,14-12+,20-18+,29-27+,35-33+/t51-,52+,53+,56-,57-,58?,59?,60?,61?,62+,63+/m1/s1. The summed E-state index contributed by atoms with van der Waals surface area (Å²) in [6.45, 7) is 2.48. The van der Waals surface area contributed by atoms with Crippen LogP contribution in [0.3, 0.4) is 0 Å². The smallest absolute Gasteiger partial charge is 0.306 e. The normalized spacial score (nSPS) is 24.4. The molecular formula is C63H110O15. The Morgan fingerprint density at radius 2 is 0.808 bits per heavy atom. The van der Waals surface area contributed by atoms with E-state index in [4.69, 9.17) is 28.4 Å². The van der Waals surface area contributed by atoms with Crippen molar-refractivity contribution in [1.82, 2.24) is 0 Å². The fourth-order valence-corrected chi connectivity index (χ4v) is 9.54. The average Bonchev–Trinajstić information content (AvgIpc) is 3.43. The van der Waals surface area contributed by atoms with Crippen LogP contribution >= 0.6 is 0 Å². The van der Waals surface area contributed by atoms with Crippen LogP contribution in [0.1, 0.15) is 232 Å². The number of esters is 2. The van der Waals surface area contributed by atoms with Crippen molar-refractivity contribution < 1.29 is 73.8 Å². The summed E-state index contributed by atoms with van der Waals surface area (Å²) in [6, 6.07) is 0. The highest BCUT2D eigenvalue weighted by Gasteiger charge is 2.47. The average molecular weight is 1110 g/mol. The molecule has 0 aromatic carbocycles. The molecule has 0 saturated carbocycles. The lowest BCUT2D eigenvalue weighted by molar-refractivity contribution is -0.332. The fourth-order valence-electron chi connectivity index (χ4n) is 9.54. The maximum atomic E-state index is 13.1. The van der Waals surface area contributed by atoms with Crippen molar-refractivity contribution in [3.05, 3.63) is 60.8 Å². The summed E-state index contributed by atoms with van der Waals surface area (Å²) in [4.78, 5) is 25.9. The molecule has 0 amide bonds. The number of unbranched alkanes of at least 4 members (excludes halogenated alkanes) is 25. The molecule has 4 unspecified atom stereocenters. The second-order valence-electron chi connectivity index (χ2n) is 21.5. The minimum atomic E-state index is -1.77. The van der Waals surface area contributed by atoms with Gasteiger partial charge in [0, 0.05) is 12.8 Å². The van der Waals surface area contributed by atoms with E-state index in [1.807, 2.05) is 0 Å². The minimum Gasteiger partial charge on any atom is -0.462 e. The minimum absolute atomic E-state index is 0.159. The van der Waals surface area contributed by atoms with Crippen molar-refractivity contribution in [2.75, 3.05) is 26.4 Å². The van der Waals surface area contributed by atoms with Crippen molar-refractivity contribution >= 4 is 11.9 Å². The monoisotopic (exact) mass is 1110 g/mol. The van der Waals surface area contributed by atoms with Crippen molar-refractivity contribution in [1.29, 1.82) is 0 Å². The molecule has 0 aliphatic carbocycles. The van der Waals surface area contributed by atoms with Crippen LogP contribution in [0.15, 0.2) is 60.8 Å². The second kappa shape index (κ2) is 48.9. The third-order valence-electron chi connectivity index (χ3n) is 14.5. The molecule has 2 rings (SSSR count). The van der Waals surface area contributed by atoms with Crippen LogP contribution in [0.25, 0.3) is 0 Å². The van der Waals surface area contributed by atoms with Gasteiger partial charge in [-0.3, -0.25) is 9.59 Å². The first-order valence-electron chi connectivity index (χ1n) is 30.9. The lowest BCUT2D eigenvalue weighted by Gasteiger charge is -2.42. The zero-order valence-corrected chi connectivity index (χ0v) is 48.4. The quantitative estimate of drug-likeness (QED) is 0.0171. The Kier molecular flexibility index (Phi) is 44.7. The van der Waals surface area contributed by atoms with Crippen LogP contribution in [0.5, 0.6) is 0 Å². The van der Waals surface area contributed by atoms with Crippen LogP contribution in [0.4, 0.5) is 0 Å². The fraction of sp³-hybridized carbons (Fsp3) is 0.810. The zero-order valence-electron chi connectivity index (χ0n) is 48.4. The van der Waals surface area contributed by atoms with E-state index in [2.05, 4.69) is 74.6 Å². The predicted molar refractivity (Wildman–Crippen MR) is 307 cm³/mol. The maximum Gasteiger partial charge on any atom is 0.306 e. The summed E-state index contributed by atoms with van der Waals surface area (Å²) in [5, 5.41) is 72.4. The van der Waals surface area contributed by atoms with Gasteiger partial charge in [0.15, 0.2) is 18.7 Å². The van der Waals surface area contributed by atoms with Gasteiger partial charge in [-0.2, -0.15) is 0 Å². The summed E-state index contributed by atoms with van der Waals surface area (Å²) in [5.74, 6) is -0.955. The molecule has 15 nitrogen and oxygen atoms in total. The Balaban J connectivity index is 1.73.